The number of imidazole rings is 1. The molecule has 2 fully saturated rings. The number of aryl methyl sites for hydroxylation is 2. The van der Waals surface area contributed by atoms with Gasteiger partial charge in [0.05, 0.1) is 15.9 Å². The van der Waals surface area contributed by atoms with Crippen molar-refractivity contribution in [2.45, 2.75) is 55.9 Å². The number of amides is 4. The summed E-state index contributed by atoms with van der Waals surface area (Å²) in [5.74, 6) is 0.202. The number of rotatable bonds is 6. The van der Waals surface area contributed by atoms with E-state index in [0.29, 0.717) is 30.1 Å². The highest BCUT2D eigenvalue weighted by Gasteiger charge is 2.52. The van der Waals surface area contributed by atoms with Gasteiger partial charge in [-0.1, -0.05) is 6.92 Å². The molecular weight excluding hydrogens is 460 g/mol. The van der Waals surface area contributed by atoms with Gasteiger partial charge in [-0.2, -0.15) is 5.01 Å². The molecule has 1 aliphatic carbocycles. The lowest BCUT2D eigenvalue weighted by atomic mass is 9.77. The molecule has 0 atom stereocenters. The lowest BCUT2D eigenvalue weighted by molar-refractivity contribution is -0.140. The molecule has 4 rings (SSSR count). The molecule has 1 aromatic heterocycles. The first-order valence-electron chi connectivity index (χ1n) is 11.3. The molecule has 184 valence electrons. The predicted octanol–water partition coefficient (Wildman–Crippen LogP) is 1.29. The number of imide groups is 1. The van der Waals surface area contributed by atoms with Crippen LogP contribution in [0.5, 0.6) is 0 Å². The van der Waals surface area contributed by atoms with Gasteiger partial charge in [-0.05, 0) is 49.8 Å². The number of nitrogens with zero attached hydrogens (tertiary/aromatic N) is 4. The topological polar surface area (TPSA) is 134 Å². The molecule has 11 nitrogen and oxygen atoms in total. The number of carbonyl (C=O) groups is 3. The zero-order chi connectivity index (χ0) is 24.8. The molecule has 1 spiro atoms. The highest BCUT2D eigenvalue weighted by Crippen LogP contribution is 2.35. The van der Waals surface area contributed by atoms with Crippen molar-refractivity contribution in [1.29, 1.82) is 0 Å². The summed E-state index contributed by atoms with van der Waals surface area (Å²) in [7, 11) is 1.12. The second-order valence-corrected chi connectivity index (χ2v) is 11.5. The van der Waals surface area contributed by atoms with E-state index in [1.807, 2.05) is 0 Å². The van der Waals surface area contributed by atoms with Crippen LogP contribution in [-0.2, 0) is 33.1 Å². The molecule has 4 amide bonds. The fourth-order valence-electron chi connectivity index (χ4n) is 4.55. The number of hydrogen-bond donors (Lipinski definition) is 2. The van der Waals surface area contributed by atoms with Gasteiger partial charge < -0.3 is 9.88 Å². The SMILES string of the molecule is CC1CCC2(CC1)NC(=O)N(NC(=O)CCc1nc3cc(S(=O)(=O)N(C)C)ccc3n1C)C2=O. The molecule has 0 radical (unpaired) electrons. The molecule has 1 aliphatic heterocycles. The van der Waals surface area contributed by atoms with Crippen LogP contribution in [0.2, 0.25) is 0 Å². The summed E-state index contributed by atoms with van der Waals surface area (Å²) < 4.78 is 27.7. The third kappa shape index (κ3) is 4.16. The lowest BCUT2D eigenvalue weighted by Gasteiger charge is -2.33. The summed E-state index contributed by atoms with van der Waals surface area (Å²) in [6, 6.07) is 4.10. The molecule has 2 aliphatic rings. The molecule has 0 unspecified atom stereocenters. The molecule has 2 N–H and O–H groups in total. The maximum atomic E-state index is 12.9. The number of benzene rings is 1. The summed E-state index contributed by atoms with van der Waals surface area (Å²) in [5, 5.41) is 3.57. The Kier molecular flexibility index (Phi) is 6.15. The van der Waals surface area contributed by atoms with Crippen LogP contribution in [0.1, 0.15) is 44.9 Å². The third-order valence-corrected chi connectivity index (χ3v) is 8.64. The van der Waals surface area contributed by atoms with Crippen molar-refractivity contribution in [2.75, 3.05) is 14.1 Å². The van der Waals surface area contributed by atoms with Crippen LogP contribution in [0, 0.1) is 5.92 Å². The second kappa shape index (κ2) is 8.66. The lowest BCUT2D eigenvalue weighted by Crippen LogP contribution is -2.51. The number of carbonyl (C=O) groups excluding carboxylic acids is 3. The highest BCUT2D eigenvalue weighted by molar-refractivity contribution is 7.89. The molecule has 2 heterocycles. The standard InChI is InChI=1S/C22H30N6O5S/c1-14-9-11-22(12-10-14)20(30)28(21(31)24-22)25-19(29)8-7-18-23-16-13-15(34(32,33)26(2)3)5-6-17(16)27(18)4/h5-6,13-14H,7-12H2,1-4H3,(H,24,31)(H,25,29). The summed E-state index contributed by atoms with van der Waals surface area (Å²) in [6.45, 7) is 2.12. The molecule has 0 bridgehead atoms. The first kappa shape index (κ1) is 24.1. The minimum Gasteiger partial charge on any atom is -0.331 e. The van der Waals surface area contributed by atoms with Crippen molar-refractivity contribution in [2.24, 2.45) is 13.0 Å². The Hall–Kier alpha value is -2.99. The van der Waals surface area contributed by atoms with Crippen LogP contribution in [0.3, 0.4) is 0 Å². The van der Waals surface area contributed by atoms with E-state index in [2.05, 4.69) is 22.7 Å². The van der Waals surface area contributed by atoms with E-state index < -0.39 is 33.4 Å². The van der Waals surface area contributed by atoms with Crippen LogP contribution >= 0.6 is 0 Å². The van der Waals surface area contributed by atoms with Gasteiger partial charge >= 0.3 is 6.03 Å². The minimum absolute atomic E-state index is 0.00110. The van der Waals surface area contributed by atoms with Gasteiger partial charge in [0, 0.05) is 34.0 Å². The Labute approximate surface area is 198 Å². The van der Waals surface area contributed by atoms with Gasteiger partial charge in [0.2, 0.25) is 15.9 Å². The van der Waals surface area contributed by atoms with Crippen LogP contribution in [-0.4, -0.2) is 64.8 Å². The van der Waals surface area contributed by atoms with Crippen molar-refractivity contribution < 1.29 is 22.8 Å². The number of hydrogen-bond acceptors (Lipinski definition) is 6. The summed E-state index contributed by atoms with van der Waals surface area (Å²) in [4.78, 5) is 42.5. The zero-order valence-corrected chi connectivity index (χ0v) is 20.6. The maximum Gasteiger partial charge on any atom is 0.344 e. The van der Waals surface area contributed by atoms with E-state index in [-0.39, 0.29) is 17.7 Å². The number of nitrogens with one attached hydrogen (secondary N) is 2. The summed E-state index contributed by atoms with van der Waals surface area (Å²) >= 11 is 0. The maximum absolute atomic E-state index is 12.9. The third-order valence-electron chi connectivity index (χ3n) is 6.83. The van der Waals surface area contributed by atoms with Gasteiger partial charge in [0.25, 0.3) is 5.91 Å². The van der Waals surface area contributed by atoms with E-state index in [9.17, 15) is 22.8 Å². The van der Waals surface area contributed by atoms with Crippen molar-refractivity contribution in [3.63, 3.8) is 0 Å². The van der Waals surface area contributed by atoms with Gasteiger partial charge in [0.15, 0.2) is 0 Å². The molecule has 34 heavy (non-hydrogen) atoms. The second-order valence-electron chi connectivity index (χ2n) is 9.40. The van der Waals surface area contributed by atoms with Gasteiger partial charge in [-0.15, -0.1) is 0 Å². The van der Waals surface area contributed by atoms with Crippen LogP contribution in [0.15, 0.2) is 23.1 Å². The van der Waals surface area contributed by atoms with E-state index in [1.54, 1.807) is 17.7 Å². The molecule has 12 heteroatoms. The first-order chi connectivity index (χ1) is 15.9. The smallest absolute Gasteiger partial charge is 0.331 e. The number of hydrazine groups is 1. The normalized spacial score (nSPS) is 23.2. The highest BCUT2D eigenvalue weighted by atomic mass is 32.2. The Bertz CT molecular complexity index is 1260. The van der Waals surface area contributed by atoms with E-state index in [4.69, 9.17) is 0 Å². The number of aromatic nitrogens is 2. The molecule has 1 saturated carbocycles. The van der Waals surface area contributed by atoms with Crippen molar-refractivity contribution in [3.05, 3.63) is 24.0 Å². The Morgan fingerprint density at radius 3 is 2.59 bits per heavy atom. The quantitative estimate of drug-likeness (QED) is 0.586. The molecule has 1 saturated heterocycles. The zero-order valence-electron chi connectivity index (χ0n) is 19.8. The van der Waals surface area contributed by atoms with Crippen LogP contribution in [0.25, 0.3) is 11.0 Å². The van der Waals surface area contributed by atoms with E-state index >= 15 is 0 Å². The Balaban J connectivity index is 1.43. The van der Waals surface area contributed by atoms with Crippen molar-refractivity contribution in [3.8, 4) is 0 Å². The Morgan fingerprint density at radius 1 is 1.26 bits per heavy atom. The van der Waals surface area contributed by atoms with Crippen molar-refractivity contribution >= 4 is 38.9 Å². The summed E-state index contributed by atoms with van der Waals surface area (Å²) in [5.41, 5.74) is 2.75. The molecule has 1 aromatic carbocycles. The summed E-state index contributed by atoms with van der Waals surface area (Å²) in [6.07, 6.45) is 3.07. The number of urea groups is 1. The number of fused-ring (bicyclic) bond motifs is 1. The van der Waals surface area contributed by atoms with Gasteiger partial charge in [-0.25, -0.2) is 22.5 Å². The van der Waals surface area contributed by atoms with Gasteiger partial charge in [0.1, 0.15) is 11.4 Å². The predicted molar refractivity (Wildman–Crippen MR) is 124 cm³/mol. The van der Waals surface area contributed by atoms with Crippen molar-refractivity contribution in [1.82, 2.24) is 29.6 Å². The Morgan fingerprint density at radius 2 is 1.94 bits per heavy atom. The van der Waals surface area contributed by atoms with E-state index in [0.717, 1.165) is 27.7 Å². The fourth-order valence-corrected chi connectivity index (χ4v) is 5.47. The molecule has 2 aromatic rings. The average molecular weight is 491 g/mol. The largest absolute Gasteiger partial charge is 0.344 e. The van der Waals surface area contributed by atoms with Crippen LogP contribution < -0.4 is 10.7 Å². The number of sulfonamides is 1. The fraction of sp³-hybridized carbons (Fsp3) is 0.545. The van der Waals surface area contributed by atoms with E-state index in [1.165, 1.54) is 26.2 Å². The monoisotopic (exact) mass is 490 g/mol. The first-order valence-corrected chi connectivity index (χ1v) is 12.7. The molecular formula is C22H30N6O5S. The minimum atomic E-state index is -3.59. The van der Waals surface area contributed by atoms with Crippen LogP contribution in [0.4, 0.5) is 4.79 Å². The van der Waals surface area contributed by atoms with Gasteiger partial charge in [-0.3, -0.25) is 15.0 Å². The average Bonchev–Trinajstić information content (AvgIpc) is 3.22.